The van der Waals surface area contributed by atoms with Gasteiger partial charge in [-0.05, 0) is 32.1 Å². The van der Waals surface area contributed by atoms with E-state index in [-0.39, 0.29) is 0 Å². The van der Waals surface area contributed by atoms with Gasteiger partial charge in [-0.2, -0.15) is 0 Å². The lowest BCUT2D eigenvalue weighted by atomic mass is 10.1. The molecule has 138 valence electrons. The normalized spacial score (nSPS) is 13.8. The monoisotopic (exact) mass is 333 g/mol. The summed E-state index contributed by atoms with van der Waals surface area (Å²) < 4.78 is 0. The van der Waals surface area contributed by atoms with Gasteiger partial charge in [0.25, 0.3) is 0 Å². The number of unbranched alkanes of at least 4 members (excludes halogenated alkanes) is 11. The Kier molecular flexibility index (Phi) is 13.7. The van der Waals surface area contributed by atoms with E-state index in [1.807, 2.05) is 4.90 Å². The molecule has 0 saturated carbocycles. The predicted molar refractivity (Wildman–Crippen MR) is 104 cm³/mol. The van der Waals surface area contributed by atoms with E-state index in [2.05, 4.69) is 18.8 Å². The number of hydrogen-bond acceptors (Lipinski definition) is 1. The first kappa shape index (κ1) is 21.1. The maximum absolute atomic E-state index is 11.9. The second-order valence-electron chi connectivity index (χ2n) is 7.23. The van der Waals surface area contributed by atoms with E-state index in [1.54, 1.807) is 0 Å². The van der Waals surface area contributed by atoms with E-state index >= 15 is 0 Å². The summed E-state index contributed by atoms with van der Waals surface area (Å²) >= 11 is 0. The zero-order valence-electron chi connectivity index (χ0n) is 16.1. The van der Waals surface area contributed by atoms with Gasteiger partial charge in [0.05, 0.1) is 0 Å². The molecule has 1 saturated heterocycles. The molecule has 1 fully saturated rings. The summed E-state index contributed by atoms with van der Waals surface area (Å²) in [5.41, 5.74) is 0. The van der Waals surface area contributed by atoms with Crippen molar-refractivity contribution in [2.45, 2.75) is 110 Å². The molecular weight excluding hydrogens is 294 g/mol. The van der Waals surface area contributed by atoms with Crippen LogP contribution in [0.25, 0.3) is 0 Å². The maximum atomic E-state index is 11.9. The molecule has 0 atom stereocenters. The molecular formula is C22H39NO. The Bertz CT molecular complexity index is 360. The van der Waals surface area contributed by atoms with Gasteiger partial charge in [0.2, 0.25) is 5.91 Å². The highest BCUT2D eigenvalue weighted by molar-refractivity contribution is 5.76. The molecule has 0 radical (unpaired) electrons. The molecule has 0 spiro atoms. The first-order valence-electron chi connectivity index (χ1n) is 10.6. The van der Waals surface area contributed by atoms with Crippen LogP contribution in [-0.2, 0) is 4.79 Å². The fourth-order valence-corrected chi connectivity index (χ4v) is 3.32. The molecule has 1 aliphatic rings. The van der Waals surface area contributed by atoms with Gasteiger partial charge >= 0.3 is 0 Å². The number of nitrogens with zero attached hydrogens (tertiary/aromatic N) is 1. The third-order valence-corrected chi connectivity index (χ3v) is 4.93. The average Bonchev–Trinajstić information content (AvgIpc) is 3.13. The molecule has 2 heteroatoms. The molecule has 0 aromatic rings. The van der Waals surface area contributed by atoms with Crippen molar-refractivity contribution in [3.8, 4) is 11.8 Å². The number of carbonyl (C=O) groups excluding carboxylic acids is 1. The minimum absolute atomic E-state index is 0.387. The summed E-state index contributed by atoms with van der Waals surface area (Å²) in [4.78, 5) is 13.9. The molecule has 0 unspecified atom stereocenters. The van der Waals surface area contributed by atoms with Crippen LogP contribution in [0.4, 0.5) is 0 Å². The lowest BCUT2D eigenvalue weighted by Crippen LogP contribution is -2.27. The highest BCUT2D eigenvalue weighted by Crippen LogP contribution is 2.13. The third kappa shape index (κ3) is 11.5. The van der Waals surface area contributed by atoms with Crippen LogP contribution in [0, 0.1) is 11.8 Å². The number of amides is 1. The third-order valence-electron chi connectivity index (χ3n) is 4.93. The molecule has 1 heterocycles. The Morgan fingerprint density at radius 3 is 1.83 bits per heavy atom. The summed E-state index contributed by atoms with van der Waals surface area (Å²) in [7, 11) is 0. The zero-order chi connectivity index (χ0) is 17.3. The van der Waals surface area contributed by atoms with E-state index in [9.17, 15) is 4.79 Å². The molecule has 0 N–H and O–H groups in total. The van der Waals surface area contributed by atoms with E-state index in [0.29, 0.717) is 5.91 Å². The molecule has 24 heavy (non-hydrogen) atoms. The Balaban J connectivity index is 1.78. The van der Waals surface area contributed by atoms with Crippen LogP contribution in [0.15, 0.2) is 0 Å². The summed E-state index contributed by atoms with van der Waals surface area (Å²) in [6.45, 7) is 4.26. The van der Waals surface area contributed by atoms with Gasteiger partial charge in [-0.25, -0.2) is 0 Å². The van der Waals surface area contributed by atoms with Crippen LogP contribution in [0.3, 0.4) is 0 Å². The fraction of sp³-hybridized carbons (Fsp3) is 0.864. The molecule has 0 bridgehead atoms. The quantitative estimate of drug-likeness (QED) is 0.295. The van der Waals surface area contributed by atoms with Crippen molar-refractivity contribution in [3.63, 3.8) is 0 Å². The minimum atomic E-state index is 0.387. The van der Waals surface area contributed by atoms with Crippen molar-refractivity contribution < 1.29 is 4.79 Å². The van der Waals surface area contributed by atoms with Crippen molar-refractivity contribution in [2.24, 2.45) is 0 Å². The first-order chi connectivity index (χ1) is 11.8. The lowest BCUT2D eigenvalue weighted by Gasteiger charge is -2.14. The van der Waals surface area contributed by atoms with Crippen LogP contribution in [0.1, 0.15) is 110 Å². The van der Waals surface area contributed by atoms with Crippen LogP contribution < -0.4 is 0 Å². The van der Waals surface area contributed by atoms with E-state index < -0.39 is 0 Å². The largest absolute Gasteiger partial charge is 0.343 e. The Morgan fingerprint density at radius 2 is 1.25 bits per heavy atom. The Labute approximate surface area is 150 Å². The standard InChI is InChI=1S/C22H39NO/c1-2-3-4-5-6-7-8-9-10-11-12-13-14-15-16-19-22(24)23-20-17-18-21-23/h2-7,10-21H2,1H3. The second-order valence-corrected chi connectivity index (χ2v) is 7.23. The van der Waals surface area contributed by atoms with Crippen LogP contribution in [0.5, 0.6) is 0 Å². The molecule has 0 aromatic heterocycles. The zero-order valence-corrected chi connectivity index (χ0v) is 16.1. The van der Waals surface area contributed by atoms with E-state index in [0.717, 1.165) is 38.8 Å². The first-order valence-corrected chi connectivity index (χ1v) is 10.6. The number of rotatable bonds is 13. The van der Waals surface area contributed by atoms with Gasteiger partial charge in [-0.1, -0.05) is 58.3 Å². The van der Waals surface area contributed by atoms with Crippen molar-refractivity contribution in [1.29, 1.82) is 0 Å². The van der Waals surface area contributed by atoms with Gasteiger partial charge in [-0.15, -0.1) is 11.8 Å². The molecule has 2 nitrogen and oxygen atoms in total. The van der Waals surface area contributed by atoms with Gasteiger partial charge in [-0.3, -0.25) is 4.79 Å². The number of hydrogen-bond donors (Lipinski definition) is 0. The van der Waals surface area contributed by atoms with Crippen molar-refractivity contribution in [2.75, 3.05) is 13.1 Å². The molecule has 1 amide bonds. The minimum Gasteiger partial charge on any atom is -0.343 e. The predicted octanol–water partition coefficient (Wildman–Crippen LogP) is 6.09. The van der Waals surface area contributed by atoms with E-state index in [4.69, 9.17) is 0 Å². The molecule has 0 aromatic carbocycles. The second kappa shape index (κ2) is 15.6. The summed E-state index contributed by atoms with van der Waals surface area (Å²) in [6, 6.07) is 0. The van der Waals surface area contributed by atoms with Gasteiger partial charge in [0, 0.05) is 32.4 Å². The topological polar surface area (TPSA) is 20.3 Å². The number of likely N-dealkylation sites (tertiary alicyclic amines) is 1. The smallest absolute Gasteiger partial charge is 0.222 e. The summed E-state index contributed by atoms with van der Waals surface area (Å²) in [6.07, 6.45) is 19.4. The summed E-state index contributed by atoms with van der Waals surface area (Å²) in [5, 5.41) is 0. The van der Waals surface area contributed by atoms with E-state index in [1.165, 1.54) is 77.0 Å². The Hall–Kier alpha value is -0.970. The SMILES string of the molecule is CCCCCCCC#CCCCCCCCCC(=O)N1CCCC1. The maximum Gasteiger partial charge on any atom is 0.222 e. The van der Waals surface area contributed by atoms with Crippen molar-refractivity contribution in [1.82, 2.24) is 4.90 Å². The molecule has 1 rings (SSSR count). The molecule has 1 aliphatic heterocycles. The van der Waals surface area contributed by atoms with Crippen LogP contribution in [-0.4, -0.2) is 23.9 Å². The van der Waals surface area contributed by atoms with Crippen molar-refractivity contribution in [3.05, 3.63) is 0 Å². The highest BCUT2D eigenvalue weighted by Gasteiger charge is 2.16. The lowest BCUT2D eigenvalue weighted by molar-refractivity contribution is -0.130. The summed E-state index contributed by atoms with van der Waals surface area (Å²) in [5.74, 6) is 7.03. The average molecular weight is 334 g/mol. The van der Waals surface area contributed by atoms with Crippen LogP contribution in [0.2, 0.25) is 0 Å². The van der Waals surface area contributed by atoms with Crippen LogP contribution >= 0.6 is 0 Å². The van der Waals surface area contributed by atoms with Gasteiger partial charge in [0.1, 0.15) is 0 Å². The molecule has 0 aliphatic carbocycles. The van der Waals surface area contributed by atoms with Gasteiger partial charge < -0.3 is 4.90 Å². The highest BCUT2D eigenvalue weighted by atomic mass is 16.2. The van der Waals surface area contributed by atoms with Crippen molar-refractivity contribution >= 4 is 5.91 Å². The number of carbonyl (C=O) groups is 1. The Morgan fingerprint density at radius 1 is 0.750 bits per heavy atom. The van der Waals surface area contributed by atoms with Gasteiger partial charge in [0.15, 0.2) is 0 Å². The fourth-order valence-electron chi connectivity index (χ4n) is 3.32.